The molecule has 2 fully saturated rings. The lowest BCUT2D eigenvalue weighted by Crippen LogP contribution is -2.46. The van der Waals surface area contributed by atoms with Crippen molar-refractivity contribution >= 4 is 11.7 Å². The Kier molecular flexibility index (Phi) is 8.43. The minimum atomic E-state index is -0.146. The summed E-state index contributed by atoms with van der Waals surface area (Å²) in [5.74, 6) is 0.749. The van der Waals surface area contributed by atoms with Gasteiger partial charge in [-0.1, -0.05) is 30.3 Å². The number of aryl methyl sites for hydroxylation is 1. The maximum absolute atomic E-state index is 12.7. The largest absolute Gasteiger partial charge is 0.355 e. The smallest absolute Gasteiger partial charge is 0.270 e. The molecule has 1 amide bonds. The Morgan fingerprint density at radius 2 is 1.73 bits per heavy atom. The molecule has 1 aromatic carbocycles. The Labute approximate surface area is 220 Å². The lowest BCUT2D eigenvalue weighted by atomic mass is 10.0. The lowest BCUT2D eigenvalue weighted by molar-refractivity contribution is 0.0946. The van der Waals surface area contributed by atoms with Crippen molar-refractivity contribution in [2.24, 2.45) is 0 Å². The fraction of sp³-hybridized carbons (Fsp3) is 0.433. The highest BCUT2D eigenvalue weighted by atomic mass is 16.1. The number of anilines is 1. The molecule has 4 heterocycles. The van der Waals surface area contributed by atoms with Crippen LogP contribution in [0.2, 0.25) is 0 Å². The van der Waals surface area contributed by atoms with Crippen molar-refractivity contribution in [3.05, 3.63) is 89.4 Å². The van der Waals surface area contributed by atoms with Gasteiger partial charge in [-0.2, -0.15) is 0 Å². The van der Waals surface area contributed by atoms with Gasteiger partial charge >= 0.3 is 0 Å². The van der Waals surface area contributed by atoms with Crippen molar-refractivity contribution in [2.75, 3.05) is 44.2 Å². The van der Waals surface area contributed by atoms with Gasteiger partial charge in [0.05, 0.1) is 0 Å². The number of nitrogens with one attached hydrogen (secondary N) is 1. The zero-order valence-corrected chi connectivity index (χ0v) is 21.9. The van der Waals surface area contributed by atoms with Crippen LogP contribution in [0.1, 0.15) is 46.4 Å². The summed E-state index contributed by atoms with van der Waals surface area (Å²) in [6, 6.07) is 19.0. The zero-order chi connectivity index (χ0) is 25.5. The van der Waals surface area contributed by atoms with Crippen molar-refractivity contribution in [1.82, 2.24) is 25.1 Å². The van der Waals surface area contributed by atoms with E-state index in [1.165, 1.54) is 24.0 Å². The summed E-state index contributed by atoms with van der Waals surface area (Å²) >= 11 is 0. The number of carbonyl (C=O) groups is 1. The third-order valence-corrected chi connectivity index (χ3v) is 7.75. The monoisotopic (exact) mass is 498 g/mol. The Balaban J connectivity index is 1.12. The first kappa shape index (κ1) is 25.4. The number of likely N-dealkylation sites (tertiary alicyclic amines) is 1. The number of nitrogens with zero attached hydrogens (tertiary/aromatic N) is 5. The van der Waals surface area contributed by atoms with Gasteiger partial charge in [0.2, 0.25) is 0 Å². The summed E-state index contributed by atoms with van der Waals surface area (Å²) in [6.07, 6.45) is 7.05. The molecule has 2 aliphatic rings. The van der Waals surface area contributed by atoms with Gasteiger partial charge in [0.15, 0.2) is 0 Å². The standard InChI is InChI=1S/C30H38N6O/c1-24-6-2-3-7-26(24)23-34-18-12-27(13-19-34)35-16-5-17-36(21-20-35)29-9-4-8-28(33-29)30(37)32-22-25-10-14-31-15-11-25/h2-4,6-11,14-15,27H,5,12-13,16-23H2,1H3,(H,32,37). The second-order valence-electron chi connectivity index (χ2n) is 10.2. The third-order valence-electron chi connectivity index (χ3n) is 7.75. The Bertz CT molecular complexity index is 1160. The summed E-state index contributed by atoms with van der Waals surface area (Å²) in [4.78, 5) is 29.1. The van der Waals surface area contributed by atoms with Crippen LogP contribution in [0.3, 0.4) is 0 Å². The van der Waals surface area contributed by atoms with Crippen molar-refractivity contribution in [3.8, 4) is 0 Å². The van der Waals surface area contributed by atoms with E-state index in [4.69, 9.17) is 4.98 Å². The molecule has 7 nitrogen and oxygen atoms in total. The first-order valence-corrected chi connectivity index (χ1v) is 13.6. The molecule has 0 saturated carbocycles. The molecule has 3 aromatic rings. The van der Waals surface area contributed by atoms with E-state index in [0.717, 1.165) is 63.6 Å². The summed E-state index contributed by atoms with van der Waals surface area (Å²) < 4.78 is 0. The molecule has 0 spiro atoms. The molecule has 194 valence electrons. The average molecular weight is 499 g/mol. The summed E-state index contributed by atoms with van der Waals surface area (Å²) in [6.45, 7) is 10.2. The van der Waals surface area contributed by atoms with Crippen LogP contribution in [0, 0.1) is 6.92 Å². The molecule has 7 heteroatoms. The highest BCUT2D eigenvalue weighted by Crippen LogP contribution is 2.22. The molecular formula is C30H38N6O. The molecule has 2 saturated heterocycles. The molecule has 0 bridgehead atoms. The quantitative estimate of drug-likeness (QED) is 0.533. The van der Waals surface area contributed by atoms with Crippen LogP contribution in [-0.4, -0.2) is 71.0 Å². The van der Waals surface area contributed by atoms with E-state index < -0.39 is 0 Å². The van der Waals surface area contributed by atoms with Crippen molar-refractivity contribution in [1.29, 1.82) is 0 Å². The van der Waals surface area contributed by atoms with E-state index in [9.17, 15) is 4.79 Å². The minimum Gasteiger partial charge on any atom is -0.355 e. The van der Waals surface area contributed by atoms with Crippen LogP contribution in [0.4, 0.5) is 5.82 Å². The Morgan fingerprint density at radius 3 is 2.54 bits per heavy atom. The number of benzene rings is 1. The second-order valence-corrected chi connectivity index (χ2v) is 10.2. The predicted molar refractivity (Wildman–Crippen MR) is 148 cm³/mol. The van der Waals surface area contributed by atoms with E-state index in [1.54, 1.807) is 18.5 Å². The van der Waals surface area contributed by atoms with E-state index >= 15 is 0 Å². The van der Waals surface area contributed by atoms with Gasteiger partial charge in [-0.15, -0.1) is 0 Å². The summed E-state index contributed by atoms with van der Waals surface area (Å²) in [7, 11) is 0. The number of piperidine rings is 1. The molecule has 2 aromatic heterocycles. The van der Waals surface area contributed by atoms with Gasteiger partial charge in [0.1, 0.15) is 11.5 Å². The molecule has 5 rings (SSSR count). The van der Waals surface area contributed by atoms with Crippen LogP contribution < -0.4 is 10.2 Å². The van der Waals surface area contributed by atoms with Crippen molar-refractivity contribution in [3.63, 3.8) is 0 Å². The second kappa shape index (κ2) is 12.3. The maximum atomic E-state index is 12.7. The molecule has 0 radical (unpaired) electrons. The Hall–Kier alpha value is -3.29. The van der Waals surface area contributed by atoms with Crippen LogP contribution in [0.5, 0.6) is 0 Å². The summed E-state index contributed by atoms with van der Waals surface area (Å²) in [5, 5.41) is 2.97. The van der Waals surface area contributed by atoms with Gasteiger partial charge in [-0.3, -0.25) is 19.6 Å². The van der Waals surface area contributed by atoms with Crippen molar-refractivity contribution < 1.29 is 4.79 Å². The first-order chi connectivity index (χ1) is 18.2. The number of carbonyl (C=O) groups excluding carboxylic acids is 1. The molecule has 37 heavy (non-hydrogen) atoms. The van der Waals surface area contributed by atoms with Gasteiger partial charge < -0.3 is 10.2 Å². The SMILES string of the molecule is Cc1ccccc1CN1CCC(N2CCCN(c3cccc(C(=O)NCc4ccncc4)n3)CC2)CC1. The van der Waals surface area contributed by atoms with E-state index in [1.807, 2.05) is 24.3 Å². The lowest BCUT2D eigenvalue weighted by Gasteiger charge is -2.38. The molecular weight excluding hydrogens is 460 g/mol. The molecule has 0 unspecified atom stereocenters. The Morgan fingerprint density at radius 1 is 0.919 bits per heavy atom. The number of pyridine rings is 2. The number of hydrogen-bond donors (Lipinski definition) is 1. The van der Waals surface area contributed by atoms with Crippen LogP contribution in [0.15, 0.2) is 67.0 Å². The maximum Gasteiger partial charge on any atom is 0.270 e. The highest BCUT2D eigenvalue weighted by molar-refractivity contribution is 5.92. The number of rotatable bonds is 7. The van der Waals surface area contributed by atoms with Gasteiger partial charge in [0.25, 0.3) is 5.91 Å². The van der Waals surface area contributed by atoms with E-state index in [0.29, 0.717) is 18.3 Å². The predicted octanol–water partition coefficient (Wildman–Crippen LogP) is 3.89. The number of amides is 1. The normalized spacial score (nSPS) is 17.9. The van der Waals surface area contributed by atoms with Crippen LogP contribution in [0.25, 0.3) is 0 Å². The van der Waals surface area contributed by atoms with Gasteiger partial charge in [-0.25, -0.2) is 4.98 Å². The van der Waals surface area contributed by atoms with Crippen LogP contribution in [-0.2, 0) is 13.1 Å². The summed E-state index contributed by atoms with van der Waals surface area (Å²) in [5.41, 5.74) is 4.33. The third kappa shape index (κ3) is 6.73. The topological polar surface area (TPSA) is 64.6 Å². The fourth-order valence-corrected chi connectivity index (χ4v) is 5.50. The van der Waals surface area contributed by atoms with Gasteiger partial charge in [-0.05, 0) is 80.2 Å². The first-order valence-electron chi connectivity index (χ1n) is 13.6. The number of hydrogen-bond acceptors (Lipinski definition) is 6. The highest BCUT2D eigenvalue weighted by Gasteiger charge is 2.27. The average Bonchev–Trinajstić information content (AvgIpc) is 3.21. The molecule has 0 aliphatic carbocycles. The van der Waals surface area contributed by atoms with E-state index in [2.05, 4.69) is 56.2 Å². The molecule has 2 aliphatic heterocycles. The molecule has 0 atom stereocenters. The number of aromatic nitrogens is 2. The van der Waals surface area contributed by atoms with Crippen LogP contribution >= 0.6 is 0 Å². The zero-order valence-electron chi connectivity index (χ0n) is 21.9. The molecule has 1 N–H and O–H groups in total. The fourth-order valence-electron chi connectivity index (χ4n) is 5.50. The van der Waals surface area contributed by atoms with E-state index in [-0.39, 0.29) is 5.91 Å². The minimum absolute atomic E-state index is 0.146. The van der Waals surface area contributed by atoms with Crippen molar-refractivity contribution in [2.45, 2.75) is 45.3 Å². The van der Waals surface area contributed by atoms with Gasteiger partial charge in [0, 0.05) is 57.7 Å².